The molecular formula is C26H22I2N4. The Morgan fingerprint density at radius 3 is 2.06 bits per heavy atom. The molecular weight excluding hydrogens is 622 g/mol. The van der Waals surface area contributed by atoms with Gasteiger partial charge in [-0.1, -0.05) is 18.1 Å². The van der Waals surface area contributed by atoms with Gasteiger partial charge in [-0.3, -0.25) is 0 Å². The Labute approximate surface area is 224 Å². The fourth-order valence-corrected chi connectivity index (χ4v) is 2.32. The molecule has 3 rings (SSSR count). The van der Waals surface area contributed by atoms with E-state index in [-0.39, 0.29) is 28.3 Å². The van der Waals surface area contributed by atoms with Crippen LogP contribution < -0.4 is 28.5 Å². The van der Waals surface area contributed by atoms with Crippen LogP contribution in [0.25, 0.3) is 21.8 Å². The van der Waals surface area contributed by atoms with Gasteiger partial charge in [-0.05, 0) is 84.3 Å². The summed E-state index contributed by atoms with van der Waals surface area (Å²) in [5, 5.41) is 2.41. The van der Waals surface area contributed by atoms with E-state index in [9.17, 15) is 0 Å². The summed E-state index contributed by atoms with van der Waals surface area (Å²) in [4.78, 5) is 4.45. The first-order valence-corrected chi connectivity index (χ1v) is 9.63. The molecule has 0 fully saturated rings. The molecule has 0 unspecified atom stereocenters. The number of fused-ring (bicyclic) bond motifs is 3. The second-order valence-corrected chi connectivity index (χ2v) is 5.78. The maximum Gasteiger partial charge on any atom is 0.238 e. The van der Waals surface area contributed by atoms with Crippen LogP contribution in [0.3, 0.4) is 0 Å². The topological polar surface area (TPSA) is 53.0 Å². The average molecular weight is 644 g/mol. The molecule has 160 valence electrons. The number of nitrogens with zero attached hydrogens (tertiary/aromatic N) is 3. The van der Waals surface area contributed by atoms with Crippen molar-refractivity contribution in [3.8, 4) is 71.5 Å². The van der Waals surface area contributed by atoms with Crippen molar-refractivity contribution in [1.29, 1.82) is 5.53 Å². The van der Waals surface area contributed by atoms with Crippen LogP contribution in [0.5, 0.6) is 0 Å². The van der Waals surface area contributed by atoms with Crippen LogP contribution in [0.1, 0.15) is 11.2 Å². The Morgan fingerprint density at radius 2 is 1.47 bits per heavy atom. The molecule has 0 aliphatic heterocycles. The van der Waals surface area contributed by atoms with Gasteiger partial charge in [0.25, 0.3) is 0 Å². The van der Waals surface area contributed by atoms with Crippen molar-refractivity contribution in [2.45, 2.75) is 6.92 Å². The normalized spacial score (nSPS) is 7.06. The summed E-state index contributed by atoms with van der Waals surface area (Å²) in [6.07, 6.45) is 8.75. The quantitative estimate of drug-likeness (QED) is 0.132. The standard InChI is InChI=1S/C13H11N2.C13H4.HIN2.HI.3H2/c1-15-9-3-5-11-7-6-10-4-2-8-14-12(10)13(11)15;1-3-5-7-9-11-13-12-10-8-6-4-2;1-3-2;;;;/h2-9H,1H3;1H,2H3;2H;4*1H/q+1;;;;;;/p-1. The molecule has 3 aromatic rings. The minimum atomic E-state index is 0. The van der Waals surface area contributed by atoms with E-state index in [2.05, 4.69) is 122 Å². The van der Waals surface area contributed by atoms with Crippen LogP contribution in [0.4, 0.5) is 0 Å². The molecule has 4 nitrogen and oxygen atoms in total. The Kier molecular flexibility index (Phi) is 16.2. The first kappa shape index (κ1) is 28.5. The zero-order valence-electron chi connectivity index (χ0n) is 17.3. The van der Waals surface area contributed by atoms with Gasteiger partial charge in [-0.2, -0.15) is 10.1 Å². The van der Waals surface area contributed by atoms with Crippen molar-refractivity contribution in [2.75, 3.05) is 0 Å². The lowest BCUT2D eigenvalue weighted by atomic mass is 10.1. The van der Waals surface area contributed by atoms with E-state index in [1.807, 2.05) is 12.3 Å². The predicted molar refractivity (Wildman–Crippen MR) is 139 cm³/mol. The molecule has 1 N–H and O–H groups in total. The molecule has 0 atom stereocenters. The summed E-state index contributed by atoms with van der Waals surface area (Å²) >= 11 is 1.58. The molecule has 0 bridgehead atoms. The summed E-state index contributed by atoms with van der Waals surface area (Å²) in [6.45, 7) is 1.71. The van der Waals surface area contributed by atoms with E-state index in [1.165, 1.54) is 16.3 Å². The molecule has 32 heavy (non-hydrogen) atoms. The van der Waals surface area contributed by atoms with Gasteiger partial charge in [-0.25, -0.2) is 4.98 Å². The van der Waals surface area contributed by atoms with E-state index in [4.69, 9.17) is 12.0 Å². The zero-order valence-corrected chi connectivity index (χ0v) is 21.6. The fraction of sp³-hybridized carbons (Fsp3) is 0.0769. The predicted octanol–water partition coefficient (Wildman–Crippen LogP) is 1.98. The molecule has 0 radical (unpaired) electrons. The van der Waals surface area contributed by atoms with E-state index in [0.29, 0.717) is 0 Å². The van der Waals surface area contributed by atoms with Crippen LogP contribution in [-0.2, 0) is 7.05 Å². The lowest BCUT2D eigenvalue weighted by Gasteiger charge is -2.00. The first-order chi connectivity index (χ1) is 15.2. The van der Waals surface area contributed by atoms with Crippen molar-refractivity contribution in [3.05, 3.63) is 48.8 Å². The highest BCUT2D eigenvalue weighted by Gasteiger charge is 2.09. The summed E-state index contributed by atoms with van der Waals surface area (Å²) in [5.41, 5.74) is 8.08. The number of terminal acetylenes is 1. The van der Waals surface area contributed by atoms with Crippen molar-refractivity contribution < 1.29 is 32.8 Å². The fourth-order valence-electron chi connectivity index (χ4n) is 2.32. The molecule has 0 aliphatic carbocycles. The van der Waals surface area contributed by atoms with Crippen LogP contribution in [0.15, 0.2) is 52.1 Å². The number of nitrogens with one attached hydrogen (secondary N) is 1. The second-order valence-electron chi connectivity index (χ2n) is 5.30. The molecule has 1 aromatic carbocycles. The molecule has 2 aromatic heterocycles. The minimum Gasteiger partial charge on any atom is -1.00 e. The highest BCUT2D eigenvalue weighted by Crippen LogP contribution is 2.19. The smallest absolute Gasteiger partial charge is 0.238 e. The second kappa shape index (κ2) is 18.2. The van der Waals surface area contributed by atoms with Gasteiger partial charge < -0.3 is 24.0 Å². The lowest BCUT2D eigenvalue weighted by molar-refractivity contribution is -0.644. The van der Waals surface area contributed by atoms with Gasteiger partial charge in [0.2, 0.25) is 5.52 Å². The Morgan fingerprint density at radius 1 is 0.938 bits per heavy atom. The van der Waals surface area contributed by atoms with Crippen LogP contribution in [0, 0.1) is 77.1 Å². The summed E-state index contributed by atoms with van der Waals surface area (Å²) in [6, 6.07) is 12.5. The number of aromatic nitrogens is 2. The number of pyridine rings is 2. The van der Waals surface area contributed by atoms with E-state index < -0.39 is 0 Å². The van der Waals surface area contributed by atoms with Crippen LogP contribution >= 0.6 is 22.9 Å². The number of aryl methyl sites for hydroxylation is 1. The van der Waals surface area contributed by atoms with Gasteiger partial charge >= 0.3 is 0 Å². The number of hydrogen-bond acceptors (Lipinski definition) is 3. The average Bonchev–Trinajstić information content (AvgIpc) is 2.79. The van der Waals surface area contributed by atoms with Gasteiger partial charge in [0.1, 0.15) is 35.4 Å². The number of rotatable bonds is 0. The number of benzene rings is 1. The maximum absolute atomic E-state index is 5.82. The van der Waals surface area contributed by atoms with Gasteiger partial charge in [0, 0.05) is 27.3 Å². The molecule has 0 saturated carbocycles. The van der Waals surface area contributed by atoms with Gasteiger partial charge in [0.15, 0.2) is 6.20 Å². The number of hydrogen-bond donors (Lipinski definition) is 1. The molecule has 0 amide bonds. The zero-order chi connectivity index (χ0) is 22.7. The molecule has 0 aliphatic rings. The molecule has 0 saturated heterocycles. The van der Waals surface area contributed by atoms with Crippen molar-refractivity contribution in [3.63, 3.8) is 0 Å². The Balaban J connectivity index is -0.000000226. The van der Waals surface area contributed by atoms with Gasteiger partial charge in [-0.15, -0.1) is 9.75 Å². The highest BCUT2D eigenvalue weighted by atomic mass is 127. The third-order valence-corrected chi connectivity index (χ3v) is 3.41. The number of halogens is 2. The monoisotopic (exact) mass is 644 g/mol. The third-order valence-electron chi connectivity index (χ3n) is 3.41. The molecule has 6 heteroatoms. The molecule has 0 spiro atoms. The summed E-state index contributed by atoms with van der Waals surface area (Å²) < 4.78 is 4.84. The Bertz CT molecular complexity index is 1440. The third kappa shape index (κ3) is 10.5. The van der Waals surface area contributed by atoms with Gasteiger partial charge in [0.05, 0.1) is 0 Å². The van der Waals surface area contributed by atoms with E-state index >= 15 is 0 Å². The maximum atomic E-state index is 5.82. The Hall–Kier alpha value is -3.54. The minimum absolute atomic E-state index is 0. The first-order valence-electron chi connectivity index (χ1n) is 8.66. The van der Waals surface area contributed by atoms with Crippen LogP contribution in [-0.4, -0.2) is 4.98 Å². The molecule has 2 heterocycles. The van der Waals surface area contributed by atoms with E-state index in [0.717, 1.165) is 5.52 Å². The highest BCUT2D eigenvalue weighted by molar-refractivity contribution is 14.1. The van der Waals surface area contributed by atoms with Crippen molar-refractivity contribution in [1.82, 2.24) is 4.98 Å². The van der Waals surface area contributed by atoms with Crippen molar-refractivity contribution in [2.24, 2.45) is 10.4 Å². The van der Waals surface area contributed by atoms with Crippen molar-refractivity contribution >= 4 is 44.7 Å². The summed E-state index contributed by atoms with van der Waals surface area (Å²) in [5.74, 6) is 26.9. The lowest BCUT2D eigenvalue weighted by Crippen LogP contribution is -3.00. The van der Waals surface area contributed by atoms with E-state index in [1.54, 1.807) is 29.8 Å². The summed E-state index contributed by atoms with van der Waals surface area (Å²) in [7, 11) is 2.05. The SMILES string of the molecule is C#CC#CC#CC#CC#CC#CC.C[n+]1cccc2ccc3cccnc3c21.N=NI.[HH].[HH].[HH].[I-]. The van der Waals surface area contributed by atoms with Crippen LogP contribution in [0.2, 0.25) is 0 Å². The largest absolute Gasteiger partial charge is 1.00 e.